The second-order valence-electron chi connectivity index (χ2n) is 6.15. The van der Waals surface area contributed by atoms with Crippen LogP contribution >= 0.6 is 0 Å². The number of urea groups is 1. The van der Waals surface area contributed by atoms with E-state index >= 15 is 0 Å². The van der Waals surface area contributed by atoms with Crippen molar-refractivity contribution in [2.45, 2.75) is 19.6 Å². The van der Waals surface area contributed by atoms with Gasteiger partial charge in [0.15, 0.2) is 0 Å². The van der Waals surface area contributed by atoms with Crippen molar-refractivity contribution in [3.63, 3.8) is 0 Å². The minimum Gasteiger partial charge on any atom is -0.338 e. The van der Waals surface area contributed by atoms with Gasteiger partial charge in [0.2, 0.25) is 5.91 Å². The molecule has 0 atom stereocenters. The first-order valence-electron chi connectivity index (χ1n) is 8.46. The van der Waals surface area contributed by atoms with Gasteiger partial charge in [0.25, 0.3) is 0 Å². The first-order chi connectivity index (χ1) is 12.3. The van der Waals surface area contributed by atoms with Crippen LogP contribution in [0.25, 0.3) is 0 Å². The molecule has 0 saturated carbocycles. The zero-order chi connectivity index (χ0) is 19.2. The van der Waals surface area contributed by atoms with Gasteiger partial charge >= 0.3 is 12.2 Å². The normalized spacial score (nSPS) is 16.3. The van der Waals surface area contributed by atoms with E-state index in [1.807, 2.05) is 4.90 Å². The minimum absolute atomic E-state index is 0.144. The maximum Gasteiger partial charge on any atom is 0.416 e. The lowest BCUT2D eigenvalue weighted by molar-refractivity contribution is -0.137. The minimum atomic E-state index is -4.32. The standard InChI is InChI=1S/C17H23F3N4O2/c1-2-21-16(26)22-15(25)12-24-9-7-23(8-10-24)11-13-3-5-14(6-4-13)17(18,19)20/h3-6H,2,7-12H2,1H3,(H2,21,22,25,26). The zero-order valence-corrected chi connectivity index (χ0v) is 14.6. The number of halogens is 3. The molecule has 0 aliphatic carbocycles. The third kappa shape index (κ3) is 6.30. The van der Waals surface area contributed by atoms with Gasteiger partial charge in [0.1, 0.15) is 0 Å². The van der Waals surface area contributed by atoms with Crippen molar-refractivity contribution in [1.82, 2.24) is 20.4 Å². The van der Waals surface area contributed by atoms with Crippen LogP contribution in [0.3, 0.4) is 0 Å². The molecule has 26 heavy (non-hydrogen) atoms. The SMILES string of the molecule is CCNC(=O)NC(=O)CN1CCN(Cc2ccc(C(F)(F)F)cc2)CC1. The molecule has 1 aliphatic heterocycles. The highest BCUT2D eigenvalue weighted by Crippen LogP contribution is 2.29. The average molecular weight is 372 g/mol. The maximum atomic E-state index is 12.6. The molecule has 1 fully saturated rings. The van der Waals surface area contributed by atoms with Crippen LogP contribution in [-0.4, -0.2) is 61.0 Å². The van der Waals surface area contributed by atoms with Crippen molar-refractivity contribution in [2.24, 2.45) is 0 Å². The summed E-state index contributed by atoms with van der Waals surface area (Å²) in [5.41, 5.74) is 0.171. The van der Waals surface area contributed by atoms with Crippen molar-refractivity contribution in [2.75, 3.05) is 39.3 Å². The first-order valence-corrected chi connectivity index (χ1v) is 8.46. The van der Waals surface area contributed by atoms with Crippen LogP contribution in [0.5, 0.6) is 0 Å². The van der Waals surface area contributed by atoms with Crippen LogP contribution in [0.4, 0.5) is 18.0 Å². The highest BCUT2D eigenvalue weighted by molar-refractivity contribution is 5.95. The van der Waals surface area contributed by atoms with E-state index in [0.29, 0.717) is 39.3 Å². The summed E-state index contributed by atoms with van der Waals surface area (Å²) in [7, 11) is 0. The molecule has 144 valence electrons. The lowest BCUT2D eigenvalue weighted by atomic mass is 10.1. The van der Waals surface area contributed by atoms with E-state index in [0.717, 1.165) is 17.7 Å². The summed E-state index contributed by atoms with van der Waals surface area (Å²) in [4.78, 5) is 27.1. The summed E-state index contributed by atoms with van der Waals surface area (Å²) in [6.07, 6.45) is -4.32. The molecule has 1 aromatic carbocycles. The third-order valence-electron chi connectivity index (χ3n) is 4.11. The molecule has 1 saturated heterocycles. The van der Waals surface area contributed by atoms with Gasteiger partial charge in [-0.3, -0.25) is 19.9 Å². The largest absolute Gasteiger partial charge is 0.416 e. The van der Waals surface area contributed by atoms with Gasteiger partial charge in [-0.1, -0.05) is 12.1 Å². The van der Waals surface area contributed by atoms with Crippen molar-refractivity contribution in [1.29, 1.82) is 0 Å². The Labute approximate surface area is 150 Å². The van der Waals surface area contributed by atoms with E-state index < -0.39 is 17.8 Å². The second-order valence-corrected chi connectivity index (χ2v) is 6.15. The fourth-order valence-corrected chi connectivity index (χ4v) is 2.74. The van der Waals surface area contributed by atoms with Crippen LogP contribution in [0.15, 0.2) is 24.3 Å². The molecule has 1 aliphatic rings. The van der Waals surface area contributed by atoms with E-state index in [1.165, 1.54) is 12.1 Å². The number of piperazine rings is 1. The fourth-order valence-electron chi connectivity index (χ4n) is 2.74. The fraction of sp³-hybridized carbons (Fsp3) is 0.529. The Balaban J connectivity index is 1.74. The molecule has 0 spiro atoms. The monoisotopic (exact) mass is 372 g/mol. The Kier molecular flexibility index (Phi) is 6.98. The number of rotatable bonds is 5. The smallest absolute Gasteiger partial charge is 0.338 e. The lowest BCUT2D eigenvalue weighted by Crippen LogP contribution is -2.50. The Morgan fingerprint density at radius 2 is 1.62 bits per heavy atom. The molecule has 2 rings (SSSR count). The van der Waals surface area contributed by atoms with Crippen LogP contribution < -0.4 is 10.6 Å². The van der Waals surface area contributed by atoms with E-state index in [2.05, 4.69) is 15.5 Å². The van der Waals surface area contributed by atoms with E-state index in [9.17, 15) is 22.8 Å². The molecule has 6 nitrogen and oxygen atoms in total. The number of carbonyl (C=O) groups excluding carboxylic acids is 2. The van der Waals surface area contributed by atoms with Crippen LogP contribution in [0, 0.1) is 0 Å². The molecule has 2 N–H and O–H groups in total. The molecular formula is C17H23F3N4O2. The molecular weight excluding hydrogens is 349 g/mol. The molecule has 1 heterocycles. The predicted octanol–water partition coefficient (Wildman–Crippen LogP) is 1.67. The highest BCUT2D eigenvalue weighted by Gasteiger charge is 2.30. The van der Waals surface area contributed by atoms with Crippen molar-refractivity contribution >= 4 is 11.9 Å². The average Bonchev–Trinajstić information content (AvgIpc) is 2.56. The Hall–Kier alpha value is -2.13. The summed E-state index contributed by atoms with van der Waals surface area (Å²) in [5.74, 6) is -0.355. The van der Waals surface area contributed by atoms with Gasteiger partial charge in [-0.25, -0.2) is 4.79 Å². The quantitative estimate of drug-likeness (QED) is 0.825. The van der Waals surface area contributed by atoms with Gasteiger partial charge < -0.3 is 5.32 Å². The Bertz CT molecular complexity index is 611. The number of hydrogen-bond donors (Lipinski definition) is 2. The van der Waals surface area contributed by atoms with E-state index in [-0.39, 0.29) is 12.5 Å². The van der Waals surface area contributed by atoms with Crippen molar-refractivity contribution < 1.29 is 22.8 Å². The summed E-state index contributed by atoms with van der Waals surface area (Å²) in [6, 6.07) is 4.68. The third-order valence-corrected chi connectivity index (χ3v) is 4.11. The van der Waals surface area contributed by atoms with Gasteiger partial charge in [-0.05, 0) is 24.6 Å². The molecule has 0 unspecified atom stereocenters. The topological polar surface area (TPSA) is 64.7 Å². The number of amides is 3. The van der Waals surface area contributed by atoms with Gasteiger partial charge in [0, 0.05) is 39.3 Å². The van der Waals surface area contributed by atoms with Crippen LogP contribution in [0.1, 0.15) is 18.1 Å². The van der Waals surface area contributed by atoms with Gasteiger partial charge in [0.05, 0.1) is 12.1 Å². The summed E-state index contributed by atoms with van der Waals surface area (Å²) in [5, 5.41) is 4.75. The van der Waals surface area contributed by atoms with Crippen LogP contribution in [-0.2, 0) is 17.5 Å². The van der Waals surface area contributed by atoms with Crippen molar-refractivity contribution in [3.8, 4) is 0 Å². The Morgan fingerprint density at radius 3 is 2.15 bits per heavy atom. The van der Waals surface area contributed by atoms with Gasteiger partial charge in [-0.15, -0.1) is 0 Å². The van der Waals surface area contributed by atoms with Crippen molar-refractivity contribution in [3.05, 3.63) is 35.4 Å². The van der Waals surface area contributed by atoms with Gasteiger partial charge in [-0.2, -0.15) is 13.2 Å². The number of imide groups is 1. The predicted molar refractivity (Wildman–Crippen MR) is 90.4 cm³/mol. The van der Waals surface area contributed by atoms with E-state index in [4.69, 9.17) is 0 Å². The number of benzene rings is 1. The highest BCUT2D eigenvalue weighted by atomic mass is 19.4. The molecule has 0 radical (unpaired) electrons. The number of nitrogens with one attached hydrogen (secondary N) is 2. The molecule has 0 aromatic heterocycles. The second kappa shape index (κ2) is 9.00. The van der Waals surface area contributed by atoms with E-state index in [1.54, 1.807) is 6.92 Å². The molecule has 1 aromatic rings. The lowest BCUT2D eigenvalue weighted by Gasteiger charge is -2.34. The summed E-state index contributed by atoms with van der Waals surface area (Å²) < 4.78 is 37.7. The van der Waals surface area contributed by atoms with Crippen LogP contribution in [0.2, 0.25) is 0 Å². The molecule has 0 bridgehead atoms. The Morgan fingerprint density at radius 1 is 1.04 bits per heavy atom. The number of hydrogen-bond acceptors (Lipinski definition) is 4. The summed E-state index contributed by atoms with van der Waals surface area (Å²) >= 11 is 0. The molecule has 3 amide bonds. The summed E-state index contributed by atoms with van der Waals surface area (Å²) in [6.45, 7) is 5.64. The number of carbonyl (C=O) groups is 2. The first kappa shape index (κ1) is 20.2. The zero-order valence-electron chi connectivity index (χ0n) is 14.6. The molecule has 9 heteroatoms. The maximum absolute atomic E-state index is 12.6. The number of nitrogens with zero attached hydrogens (tertiary/aromatic N) is 2. The number of alkyl halides is 3.